The molecule has 1 atom stereocenters. The van der Waals surface area contributed by atoms with Crippen LogP contribution in [0.1, 0.15) is 44.9 Å². The number of hydrogen-bond donors (Lipinski definition) is 2. The van der Waals surface area contributed by atoms with E-state index in [0.29, 0.717) is 39.6 Å². The zero-order chi connectivity index (χ0) is 23.3. The number of hydrogen-bond acceptors (Lipinski definition) is 6. The van der Waals surface area contributed by atoms with Crippen LogP contribution in [0, 0.1) is 0 Å². The summed E-state index contributed by atoms with van der Waals surface area (Å²) in [6.45, 7) is 1.76. The van der Waals surface area contributed by atoms with Gasteiger partial charge in [-0.3, -0.25) is 4.79 Å². The van der Waals surface area contributed by atoms with Crippen molar-refractivity contribution in [1.29, 1.82) is 0 Å². The Labute approximate surface area is 189 Å². The number of carbonyl (C=O) groups is 3. The van der Waals surface area contributed by atoms with Gasteiger partial charge < -0.3 is 19.6 Å². The van der Waals surface area contributed by atoms with Gasteiger partial charge in [-0.05, 0) is 31.2 Å². The average molecular weight is 441 g/mol. The molecule has 1 aromatic heterocycles. The van der Waals surface area contributed by atoms with Crippen LogP contribution in [-0.2, 0) is 9.53 Å². The van der Waals surface area contributed by atoms with E-state index in [1.807, 2.05) is 12.1 Å². The standard InChI is InChI=1S/C26H19NO6/c1-13-20(26(31)32-2)21(22-23(27-13)16-8-3-4-9-17(16)24(22)28)19-11-10-18(33-19)14-6-5-7-15(12-14)25(29)30/h3-12,21,27H,1-2H3,(H,29,30)/t21-/m1/s1. The lowest BCUT2D eigenvalue weighted by Gasteiger charge is -2.27. The van der Waals surface area contributed by atoms with E-state index in [4.69, 9.17) is 9.15 Å². The van der Waals surface area contributed by atoms with Gasteiger partial charge >= 0.3 is 11.9 Å². The minimum Gasteiger partial charge on any atom is -0.478 e. The lowest BCUT2D eigenvalue weighted by Crippen LogP contribution is -2.28. The molecular formula is C26H19NO6. The summed E-state index contributed by atoms with van der Waals surface area (Å²) < 4.78 is 11.2. The highest BCUT2D eigenvalue weighted by atomic mass is 16.5. The minimum atomic E-state index is -1.04. The number of aromatic carboxylic acids is 1. The molecule has 0 fully saturated rings. The maximum atomic E-state index is 13.4. The lowest BCUT2D eigenvalue weighted by molar-refractivity contribution is -0.136. The van der Waals surface area contributed by atoms with Gasteiger partial charge in [-0.25, -0.2) is 9.59 Å². The Hall–Kier alpha value is -4.39. The maximum Gasteiger partial charge on any atom is 0.336 e. The smallest absolute Gasteiger partial charge is 0.336 e. The number of fused-ring (bicyclic) bond motifs is 2. The highest BCUT2D eigenvalue weighted by molar-refractivity contribution is 6.23. The molecule has 7 heteroatoms. The van der Waals surface area contributed by atoms with Crippen molar-refractivity contribution in [1.82, 2.24) is 5.32 Å². The summed E-state index contributed by atoms with van der Waals surface area (Å²) in [5, 5.41) is 12.5. The van der Waals surface area contributed by atoms with Crippen LogP contribution in [-0.4, -0.2) is 29.9 Å². The number of Topliss-reactive ketones (excluding diaryl/α,β-unsaturated/α-hetero) is 1. The van der Waals surface area contributed by atoms with Gasteiger partial charge in [0.05, 0.1) is 29.9 Å². The number of allylic oxidation sites excluding steroid dienone is 2. The number of carbonyl (C=O) groups excluding carboxylic acids is 2. The molecule has 0 spiro atoms. The van der Waals surface area contributed by atoms with Gasteiger partial charge in [0.1, 0.15) is 11.5 Å². The SMILES string of the molecule is COC(=O)C1=C(C)NC2=C(C(=O)c3ccccc32)[C@@H]1c1ccc(-c2cccc(C(=O)O)c2)o1. The molecule has 0 saturated heterocycles. The van der Waals surface area contributed by atoms with E-state index in [1.165, 1.54) is 19.2 Å². The van der Waals surface area contributed by atoms with Crippen LogP contribution in [0.5, 0.6) is 0 Å². The zero-order valence-electron chi connectivity index (χ0n) is 17.8. The molecule has 1 aliphatic carbocycles. The van der Waals surface area contributed by atoms with Gasteiger partial charge in [0.25, 0.3) is 0 Å². The first-order chi connectivity index (χ1) is 15.9. The topological polar surface area (TPSA) is 106 Å². The van der Waals surface area contributed by atoms with Crippen molar-refractivity contribution in [3.63, 3.8) is 0 Å². The van der Waals surface area contributed by atoms with Gasteiger partial charge in [0.2, 0.25) is 0 Å². The van der Waals surface area contributed by atoms with E-state index in [9.17, 15) is 19.5 Å². The van der Waals surface area contributed by atoms with E-state index in [2.05, 4.69) is 5.32 Å². The van der Waals surface area contributed by atoms with Crippen LogP contribution < -0.4 is 5.32 Å². The van der Waals surface area contributed by atoms with Crippen LogP contribution >= 0.6 is 0 Å². The molecule has 0 bridgehead atoms. The van der Waals surface area contributed by atoms with Crippen LogP contribution in [0.4, 0.5) is 0 Å². The van der Waals surface area contributed by atoms with Crippen molar-refractivity contribution in [2.75, 3.05) is 7.11 Å². The van der Waals surface area contributed by atoms with Crippen LogP contribution in [0.15, 0.2) is 81.9 Å². The van der Waals surface area contributed by atoms with Gasteiger partial charge in [0, 0.05) is 28.0 Å². The molecule has 0 amide bonds. The molecule has 33 heavy (non-hydrogen) atoms. The maximum absolute atomic E-state index is 13.4. The molecule has 2 aliphatic rings. The second-order valence-corrected chi connectivity index (χ2v) is 7.84. The second kappa shape index (κ2) is 7.63. The Morgan fingerprint density at radius 2 is 1.79 bits per heavy atom. The molecule has 0 unspecified atom stereocenters. The van der Waals surface area contributed by atoms with Crippen LogP contribution in [0.25, 0.3) is 17.0 Å². The number of rotatable bonds is 4. The van der Waals surface area contributed by atoms with E-state index >= 15 is 0 Å². The van der Waals surface area contributed by atoms with Crippen LogP contribution in [0.3, 0.4) is 0 Å². The largest absolute Gasteiger partial charge is 0.478 e. The summed E-state index contributed by atoms with van der Waals surface area (Å²) in [6.07, 6.45) is 0. The Balaban J connectivity index is 1.66. The highest BCUT2D eigenvalue weighted by Gasteiger charge is 2.44. The number of dihydropyridines is 1. The van der Waals surface area contributed by atoms with Crippen molar-refractivity contribution in [2.24, 2.45) is 0 Å². The monoisotopic (exact) mass is 441 g/mol. The Morgan fingerprint density at radius 1 is 1.03 bits per heavy atom. The predicted octanol–water partition coefficient (Wildman–Crippen LogP) is 4.39. The molecule has 7 nitrogen and oxygen atoms in total. The van der Waals surface area contributed by atoms with Crippen molar-refractivity contribution in [3.05, 3.63) is 100.0 Å². The van der Waals surface area contributed by atoms with Gasteiger partial charge in [-0.1, -0.05) is 36.4 Å². The lowest BCUT2D eigenvalue weighted by atomic mass is 9.83. The highest BCUT2D eigenvalue weighted by Crippen LogP contribution is 2.47. The molecule has 0 saturated carbocycles. The first-order valence-electron chi connectivity index (χ1n) is 10.3. The van der Waals surface area contributed by atoms with E-state index in [1.54, 1.807) is 43.3 Å². The number of furan rings is 1. The Bertz CT molecular complexity index is 1410. The van der Waals surface area contributed by atoms with Crippen molar-refractivity contribution < 1.29 is 28.6 Å². The third kappa shape index (κ3) is 3.17. The summed E-state index contributed by atoms with van der Waals surface area (Å²) >= 11 is 0. The first kappa shape index (κ1) is 20.5. The molecule has 2 N–H and O–H groups in total. The first-order valence-corrected chi connectivity index (χ1v) is 10.3. The quantitative estimate of drug-likeness (QED) is 0.579. The third-order valence-corrected chi connectivity index (χ3v) is 5.96. The Morgan fingerprint density at radius 3 is 2.52 bits per heavy atom. The molecule has 3 aromatic rings. The van der Waals surface area contributed by atoms with Gasteiger partial charge in [-0.2, -0.15) is 0 Å². The van der Waals surface area contributed by atoms with E-state index < -0.39 is 17.9 Å². The Kier molecular flexibility index (Phi) is 4.74. The normalized spacial score (nSPS) is 16.9. The van der Waals surface area contributed by atoms with Crippen molar-refractivity contribution >= 4 is 23.4 Å². The summed E-state index contributed by atoms with van der Waals surface area (Å²) in [6, 6.07) is 17.1. The molecule has 1 aliphatic heterocycles. The number of ketones is 1. The number of esters is 1. The van der Waals surface area contributed by atoms with Crippen molar-refractivity contribution in [2.45, 2.75) is 12.8 Å². The average Bonchev–Trinajstić information content (AvgIpc) is 3.42. The summed E-state index contributed by atoms with van der Waals surface area (Å²) in [5.41, 5.74) is 3.96. The molecule has 2 heterocycles. The molecular weight excluding hydrogens is 422 g/mol. The number of methoxy groups -OCH3 is 1. The fourth-order valence-electron chi connectivity index (χ4n) is 4.46. The van der Waals surface area contributed by atoms with E-state index in [0.717, 1.165) is 5.56 Å². The summed E-state index contributed by atoms with van der Waals surface area (Å²) in [4.78, 5) is 37.5. The minimum absolute atomic E-state index is 0.129. The summed E-state index contributed by atoms with van der Waals surface area (Å²) in [7, 11) is 1.29. The number of nitrogens with one attached hydrogen (secondary N) is 1. The predicted molar refractivity (Wildman–Crippen MR) is 119 cm³/mol. The molecule has 0 radical (unpaired) electrons. The number of benzene rings is 2. The summed E-state index contributed by atoms with van der Waals surface area (Å²) in [5.74, 6) is -1.74. The number of ether oxygens (including phenoxy) is 1. The molecule has 5 rings (SSSR count). The number of carboxylic acid groups (broad SMARTS) is 1. The molecule has 164 valence electrons. The fourth-order valence-corrected chi connectivity index (χ4v) is 4.46. The van der Waals surface area contributed by atoms with Crippen LogP contribution in [0.2, 0.25) is 0 Å². The fraction of sp³-hybridized carbons (Fsp3) is 0.115. The van der Waals surface area contributed by atoms with E-state index in [-0.39, 0.29) is 16.9 Å². The number of carboxylic acids is 1. The van der Waals surface area contributed by atoms with Crippen molar-refractivity contribution in [3.8, 4) is 11.3 Å². The van der Waals surface area contributed by atoms with Gasteiger partial charge in [0.15, 0.2) is 5.78 Å². The molecule has 2 aromatic carbocycles. The van der Waals surface area contributed by atoms with Gasteiger partial charge in [-0.15, -0.1) is 0 Å². The zero-order valence-corrected chi connectivity index (χ0v) is 17.8. The third-order valence-electron chi connectivity index (χ3n) is 5.96. The second-order valence-electron chi connectivity index (χ2n) is 7.84.